The highest BCUT2D eigenvalue weighted by Crippen LogP contribution is 2.55. The van der Waals surface area contributed by atoms with Crippen LogP contribution in [0.25, 0.3) is 11.5 Å². The number of nitrogens with zero attached hydrogens (tertiary/aromatic N) is 6. The Kier molecular flexibility index (Phi) is 6.68. The number of likely N-dealkylation sites (tertiary alicyclic amines) is 1. The summed E-state index contributed by atoms with van der Waals surface area (Å²) < 4.78 is 12.7. The second-order valence-corrected chi connectivity index (χ2v) is 13.3. The first-order chi connectivity index (χ1) is 20.0. The standard InChI is InChI=1S/C29H32N8O2S2/c1-16(19-7-5-12-37(19)2)38-22-14-21(34-28-32-11-13-40-28)33-27(35-22)24-17-6-3-9-29(25(17)39-36-24)10-4-8-20-23(29)18(15-30)26(31)41-20/h11,13-14,16,19H,3-10,12,31H2,1-2H3,(H,32,33,34,35)/t16-,19-,29-/m0/s1. The highest BCUT2D eigenvalue weighted by molar-refractivity contribution is 7.16. The molecule has 0 amide bonds. The number of aromatic nitrogens is 4. The second kappa shape index (κ2) is 10.4. The zero-order chi connectivity index (χ0) is 28.1. The fourth-order valence-electron chi connectivity index (χ4n) is 7.06. The number of rotatable bonds is 6. The molecule has 4 aromatic heterocycles. The van der Waals surface area contributed by atoms with Crippen LogP contribution in [0.15, 0.2) is 22.2 Å². The maximum atomic E-state index is 10.0. The van der Waals surface area contributed by atoms with Crippen LogP contribution < -0.4 is 15.8 Å². The number of aryl methyl sites for hydroxylation is 1. The largest absolute Gasteiger partial charge is 0.473 e. The van der Waals surface area contributed by atoms with Gasteiger partial charge >= 0.3 is 0 Å². The number of hydrogen-bond acceptors (Lipinski definition) is 12. The van der Waals surface area contributed by atoms with Crippen LogP contribution in [0.5, 0.6) is 5.88 Å². The number of ether oxygens (including phenoxy) is 1. The summed E-state index contributed by atoms with van der Waals surface area (Å²) in [6.07, 6.45) is 9.49. The molecule has 2 aliphatic carbocycles. The number of thiophene rings is 1. The molecule has 212 valence electrons. The molecule has 3 atom stereocenters. The van der Waals surface area contributed by atoms with E-state index in [1.54, 1.807) is 17.5 Å². The lowest BCUT2D eigenvalue weighted by molar-refractivity contribution is 0.117. The van der Waals surface area contributed by atoms with E-state index in [1.807, 2.05) is 11.4 Å². The van der Waals surface area contributed by atoms with Crippen molar-refractivity contribution in [1.29, 1.82) is 5.26 Å². The number of nitrogens with two attached hydrogens (primary N) is 1. The third-order valence-corrected chi connectivity index (χ3v) is 10.6. The molecule has 1 spiro atoms. The zero-order valence-electron chi connectivity index (χ0n) is 23.1. The van der Waals surface area contributed by atoms with Crippen LogP contribution in [-0.4, -0.2) is 50.7 Å². The second-order valence-electron chi connectivity index (χ2n) is 11.3. The molecule has 1 fully saturated rings. The number of anilines is 3. The third kappa shape index (κ3) is 4.47. The van der Waals surface area contributed by atoms with E-state index in [0.717, 1.165) is 73.5 Å². The molecule has 1 aliphatic heterocycles. The Bertz CT molecular complexity index is 1620. The van der Waals surface area contributed by atoms with E-state index in [0.29, 0.717) is 39.8 Å². The smallest absolute Gasteiger partial charge is 0.219 e. The van der Waals surface area contributed by atoms with E-state index in [2.05, 4.69) is 40.4 Å². The van der Waals surface area contributed by atoms with E-state index in [9.17, 15) is 5.26 Å². The Morgan fingerprint density at radius 3 is 2.88 bits per heavy atom. The molecule has 0 unspecified atom stereocenters. The first kappa shape index (κ1) is 26.4. The van der Waals surface area contributed by atoms with E-state index in [4.69, 9.17) is 25.0 Å². The summed E-state index contributed by atoms with van der Waals surface area (Å²) in [5.41, 5.74) is 9.22. The topological polar surface area (TPSA) is 139 Å². The lowest BCUT2D eigenvalue weighted by atomic mass is 9.63. The molecule has 12 heteroatoms. The van der Waals surface area contributed by atoms with Gasteiger partial charge in [-0.1, -0.05) is 5.16 Å². The molecule has 1 saturated heterocycles. The maximum Gasteiger partial charge on any atom is 0.219 e. The molecule has 7 rings (SSSR count). The van der Waals surface area contributed by atoms with E-state index in [1.165, 1.54) is 22.6 Å². The van der Waals surface area contributed by atoms with Crippen molar-refractivity contribution in [3.63, 3.8) is 0 Å². The first-order valence-corrected chi connectivity index (χ1v) is 15.9. The molecule has 5 heterocycles. The van der Waals surface area contributed by atoms with Crippen LogP contribution in [0, 0.1) is 11.3 Å². The van der Waals surface area contributed by atoms with Crippen molar-refractivity contribution < 1.29 is 9.26 Å². The highest BCUT2D eigenvalue weighted by atomic mass is 32.1. The highest BCUT2D eigenvalue weighted by Gasteiger charge is 2.48. The van der Waals surface area contributed by atoms with E-state index >= 15 is 0 Å². The van der Waals surface area contributed by atoms with Gasteiger partial charge in [-0.3, -0.25) is 4.90 Å². The van der Waals surface area contributed by atoms with Gasteiger partial charge in [-0.05, 0) is 77.4 Å². The van der Waals surface area contributed by atoms with Crippen molar-refractivity contribution in [3.05, 3.63) is 45.0 Å². The Labute approximate surface area is 246 Å². The number of thiazole rings is 1. The minimum atomic E-state index is -0.400. The quantitative estimate of drug-likeness (QED) is 0.290. The molecule has 0 saturated carbocycles. The van der Waals surface area contributed by atoms with Crippen LogP contribution in [0.1, 0.15) is 72.8 Å². The Morgan fingerprint density at radius 1 is 1.27 bits per heavy atom. The van der Waals surface area contributed by atoms with Gasteiger partial charge in [0.1, 0.15) is 23.0 Å². The summed E-state index contributed by atoms with van der Waals surface area (Å²) in [6, 6.07) is 4.54. The number of nitrogen functional groups attached to an aromatic ring is 1. The van der Waals surface area contributed by atoms with Gasteiger partial charge in [0.05, 0.1) is 11.0 Å². The van der Waals surface area contributed by atoms with Crippen molar-refractivity contribution in [1.82, 2.24) is 25.0 Å². The molecular weight excluding hydrogens is 557 g/mol. The number of nitriles is 1. The Hall–Kier alpha value is -3.53. The summed E-state index contributed by atoms with van der Waals surface area (Å²) >= 11 is 3.04. The van der Waals surface area contributed by atoms with Gasteiger partial charge in [-0.2, -0.15) is 10.2 Å². The van der Waals surface area contributed by atoms with Crippen LogP contribution in [0.3, 0.4) is 0 Å². The number of likely N-dealkylation sites (N-methyl/N-ethyl adjacent to an activating group) is 1. The van der Waals surface area contributed by atoms with Crippen LogP contribution >= 0.6 is 22.7 Å². The van der Waals surface area contributed by atoms with Gasteiger partial charge in [0.15, 0.2) is 22.4 Å². The fraction of sp³-hybridized carbons (Fsp3) is 0.483. The molecule has 3 aliphatic rings. The number of fused-ring (bicyclic) bond motifs is 4. The monoisotopic (exact) mass is 588 g/mol. The number of hydrogen-bond donors (Lipinski definition) is 2. The van der Waals surface area contributed by atoms with Crippen molar-refractivity contribution in [2.75, 3.05) is 24.6 Å². The lowest BCUT2D eigenvalue weighted by Crippen LogP contribution is -2.38. The zero-order valence-corrected chi connectivity index (χ0v) is 24.8. The average Bonchev–Trinajstić information content (AvgIpc) is 3.76. The molecule has 0 aromatic carbocycles. The number of nitrogens with one attached hydrogen (secondary N) is 1. The van der Waals surface area contributed by atoms with Crippen LogP contribution in [0.4, 0.5) is 16.0 Å². The van der Waals surface area contributed by atoms with Crippen molar-refractivity contribution in [2.45, 2.75) is 75.9 Å². The minimum Gasteiger partial charge on any atom is -0.473 e. The summed E-state index contributed by atoms with van der Waals surface area (Å²) in [7, 11) is 2.14. The summed E-state index contributed by atoms with van der Waals surface area (Å²) in [6.45, 7) is 3.17. The SMILES string of the molecule is C[C@H](Oc1cc(Nc2nccs2)nc(-c2noc3c2CCC[C@@]32CCCc3sc(N)c(C#N)c32)n1)[C@@H]1CCCN1C. The van der Waals surface area contributed by atoms with E-state index < -0.39 is 5.41 Å². The first-order valence-electron chi connectivity index (χ1n) is 14.2. The van der Waals surface area contributed by atoms with Gasteiger partial charge in [-0.25, -0.2) is 9.97 Å². The van der Waals surface area contributed by atoms with Gasteiger partial charge < -0.3 is 20.3 Å². The summed E-state index contributed by atoms with van der Waals surface area (Å²) in [5, 5.41) is 21.2. The molecule has 3 N–H and O–H groups in total. The molecule has 0 bridgehead atoms. The Morgan fingerprint density at radius 2 is 2.12 bits per heavy atom. The normalized spacial score (nSPS) is 22.7. The molecule has 41 heavy (non-hydrogen) atoms. The van der Waals surface area contributed by atoms with Crippen LogP contribution in [-0.2, 0) is 18.3 Å². The third-order valence-electron chi connectivity index (χ3n) is 8.87. The Balaban J connectivity index is 1.30. The summed E-state index contributed by atoms with van der Waals surface area (Å²) in [5.74, 6) is 2.37. The van der Waals surface area contributed by atoms with Crippen molar-refractivity contribution in [3.8, 4) is 23.5 Å². The predicted molar refractivity (Wildman–Crippen MR) is 159 cm³/mol. The average molecular weight is 589 g/mol. The van der Waals surface area contributed by atoms with Crippen molar-refractivity contribution in [2.24, 2.45) is 0 Å². The maximum absolute atomic E-state index is 10.0. The van der Waals surface area contributed by atoms with Gasteiger partial charge in [0.2, 0.25) is 5.88 Å². The molecule has 0 radical (unpaired) electrons. The fourth-order valence-corrected chi connectivity index (χ4v) is 8.76. The summed E-state index contributed by atoms with van der Waals surface area (Å²) in [4.78, 5) is 17.6. The molecule has 4 aromatic rings. The van der Waals surface area contributed by atoms with Crippen molar-refractivity contribution >= 4 is 38.6 Å². The predicted octanol–water partition coefficient (Wildman–Crippen LogP) is 5.67. The van der Waals surface area contributed by atoms with E-state index in [-0.39, 0.29) is 6.10 Å². The molecule has 10 nitrogen and oxygen atoms in total. The van der Waals surface area contributed by atoms with Gasteiger partial charge in [0, 0.05) is 34.1 Å². The molecular formula is C29H32N8O2S2. The van der Waals surface area contributed by atoms with Gasteiger partial charge in [0.25, 0.3) is 0 Å². The van der Waals surface area contributed by atoms with Crippen LogP contribution in [0.2, 0.25) is 0 Å². The van der Waals surface area contributed by atoms with Gasteiger partial charge in [-0.15, -0.1) is 22.7 Å². The lowest BCUT2D eigenvalue weighted by Gasteiger charge is -2.39. The minimum absolute atomic E-state index is 0.0402.